The number of rotatable bonds is 4. The minimum atomic E-state index is -0.294. The average Bonchev–Trinajstić information content (AvgIpc) is 3.11. The van der Waals surface area contributed by atoms with Gasteiger partial charge in [-0.15, -0.1) is 11.3 Å². The maximum Gasteiger partial charge on any atom is 0.231 e. The molecule has 1 aromatic heterocycles. The van der Waals surface area contributed by atoms with Crippen molar-refractivity contribution in [2.75, 3.05) is 18.4 Å². The van der Waals surface area contributed by atoms with Crippen LogP contribution in [0.2, 0.25) is 0 Å². The molecule has 1 saturated heterocycles. The Morgan fingerprint density at radius 2 is 2.12 bits per heavy atom. The van der Waals surface area contributed by atoms with E-state index in [-0.39, 0.29) is 24.2 Å². The topological polar surface area (TPSA) is 62.3 Å². The summed E-state index contributed by atoms with van der Waals surface area (Å²) in [4.78, 5) is 31.5. The first-order valence-corrected chi connectivity index (χ1v) is 9.41. The maximum absolute atomic E-state index is 12.4. The van der Waals surface area contributed by atoms with Gasteiger partial charge in [0.1, 0.15) is 0 Å². The second-order valence-corrected chi connectivity index (χ2v) is 7.87. The Morgan fingerprint density at radius 3 is 2.75 bits per heavy atom. The van der Waals surface area contributed by atoms with Gasteiger partial charge < -0.3 is 10.2 Å². The molecular formula is C17H18BrN3O2S. The highest BCUT2D eigenvalue weighted by Gasteiger charge is 2.33. The molecule has 0 saturated carbocycles. The highest BCUT2D eigenvalue weighted by Crippen LogP contribution is 2.31. The number of thiazole rings is 1. The molecule has 0 spiro atoms. The molecule has 2 amide bonds. The quantitative estimate of drug-likeness (QED) is 0.840. The summed E-state index contributed by atoms with van der Waals surface area (Å²) in [6.07, 6.45) is 0.281. The molecule has 1 N–H and O–H groups in total. The largest absolute Gasteiger partial charge is 0.342 e. The van der Waals surface area contributed by atoms with E-state index in [1.165, 1.54) is 11.3 Å². The van der Waals surface area contributed by atoms with Crippen LogP contribution in [0.5, 0.6) is 0 Å². The zero-order chi connectivity index (χ0) is 17.3. The van der Waals surface area contributed by atoms with Crippen molar-refractivity contribution in [3.05, 3.63) is 33.6 Å². The van der Waals surface area contributed by atoms with E-state index >= 15 is 0 Å². The van der Waals surface area contributed by atoms with Crippen LogP contribution in [-0.4, -0.2) is 34.8 Å². The van der Waals surface area contributed by atoms with Gasteiger partial charge in [0.05, 0.1) is 11.6 Å². The number of aromatic nitrogens is 1. The first-order chi connectivity index (χ1) is 11.5. The van der Waals surface area contributed by atoms with Crippen molar-refractivity contribution in [2.24, 2.45) is 5.92 Å². The summed E-state index contributed by atoms with van der Waals surface area (Å²) in [5.74, 6) is -0.378. The van der Waals surface area contributed by atoms with Crippen molar-refractivity contribution < 1.29 is 9.59 Å². The third-order valence-corrected chi connectivity index (χ3v) is 5.53. The number of nitrogens with one attached hydrogen (secondary N) is 1. The Hall–Kier alpha value is -1.73. The summed E-state index contributed by atoms with van der Waals surface area (Å²) in [7, 11) is 0. The Labute approximate surface area is 153 Å². The number of aryl methyl sites for hydroxylation is 1. The van der Waals surface area contributed by atoms with E-state index < -0.39 is 0 Å². The number of carbonyl (C=O) groups excluding carboxylic acids is 2. The normalized spacial score (nSPS) is 17.4. The van der Waals surface area contributed by atoms with E-state index in [0.717, 1.165) is 20.6 Å². The molecule has 0 radical (unpaired) electrons. The van der Waals surface area contributed by atoms with Crippen LogP contribution in [0.4, 0.5) is 5.13 Å². The van der Waals surface area contributed by atoms with E-state index in [9.17, 15) is 9.59 Å². The molecule has 1 fully saturated rings. The number of benzene rings is 1. The van der Waals surface area contributed by atoms with Crippen LogP contribution in [0, 0.1) is 12.8 Å². The highest BCUT2D eigenvalue weighted by molar-refractivity contribution is 9.10. The van der Waals surface area contributed by atoms with Gasteiger partial charge in [0.2, 0.25) is 11.8 Å². The predicted molar refractivity (Wildman–Crippen MR) is 99.0 cm³/mol. The fourth-order valence-corrected chi connectivity index (χ4v) is 3.89. The number of nitrogens with zero attached hydrogens (tertiary/aromatic N) is 2. The van der Waals surface area contributed by atoms with Crippen molar-refractivity contribution in [3.63, 3.8) is 0 Å². The summed E-state index contributed by atoms with van der Waals surface area (Å²) >= 11 is 4.88. The molecule has 7 heteroatoms. The van der Waals surface area contributed by atoms with Gasteiger partial charge in [0, 0.05) is 34.4 Å². The molecule has 24 heavy (non-hydrogen) atoms. The first-order valence-electron chi connectivity index (χ1n) is 7.80. The highest BCUT2D eigenvalue weighted by atomic mass is 79.9. The maximum atomic E-state index is 12.4. The van der Waals surface area contributed by atoms with Gasteiger partial charge in [0.15, 0.2) is 5.13 Å². The minimum Gasteiger partial charge on any atom is -0.342 e. The summed E-state index contributed by atoms with van der Waals surface area (Å²) in [5, 5.41) is 3.45. The van der Waals surface area contributed by atoms with Crippen LogP contribution in [0.1, 0.15) is 18.2 Å². The number of anilines is 1. The van der Waals surface area contributed by atoms with Gasteiger partial charge in [-0.25, -0.2) is 4.98 Å². The Bertz CT molecular complexity index is 773. The lowest BCUT2D eigenvalue weighted by atomic mass is 10.1. The smallest absolute Gasteiger partial charge is 0.231 e. The van der Waals surface area contributed by atoms with E-state index in [0.29, 0.717) is 18.2 Å². The van der Waals surface area contributed by atoms with E-state index in [1.54, 1.807) is 4.90 Å². The third kappa shape index (κ3) is 3.52. The fraction of sp³-hybridized carbons (Fsp3) is 0.353. The second kappa shape index (κ2) is 7.03. The lowest BCUT2D eigenvalue weighted by Crippen LogP contribution is -2.28. The summed E-state index contributed by atoms with van der Waals surface area (Å²) in [6.45, 7) is 5.05. The molecule has 0 bridgehead atoms. The molecule has 2 heterocycles. The van der Waals surface area contributed by atoms with Crippen LogP contribution in [0.15, 0.2) is 28.7 Å². The first kappa shape index (κ1) is 17.1. The average molecular weight is 408 g/mol. The molecule has 1 aromatic carbocycles. The van der Waals surface area contributed by atoms with E-state index in [2.05, 4.69) is 26.2 Å². The number of amides is 2. The summed E-state index contributed by atoms with van der Waals surface area (Å²) in [6, 6.07) is 7.92. The van der Waals surface area contributed by atoms with Crippen LogP contribution in [-0.2, 0) is 9.59 Å². The van der Waals surface area contributed by atoms with Crippen LogP contribution >= 0.6 is 27.3 Å². The lowest BCUT2D eigenvalue weighted by Gasteiger charge is -2.12. The number of carbonyl (C=O) groups is 2. The van der Waals surface area contributed by atoms with Gasteiger partial charge in [-0.3, -0.25) is 9.59 Å². The van der Waals surface area contributed by atoms with Gasteiger partial charge in [-0.05, 0) is 26.0 Å². The third-order valence-electron chi connectivity index (χ3n) is 4.11. The molecule has 0 aliphatic carbocycles. The standard InChI is InChI=1S/C17H18BrN3O2S/c1-3-21-9-12(8-14(21)22)16(23)20-17-19-15(10(2)24-17)11-4-6-13(18)7-5-11/h4-7,12H,3,8-9H2,1-2H3,(H,19,20,23). The number of hydrogen-bond acceptors (Lipinski definition) is 4. The minimum absolute atomic E-state index is 0.0449. The van der Waals surface area contributed by atoms with E-state index in [1.807, 2.05) is 38.1 Å². The molecule has 5 nitrogen and oxygen atoms in total. The van der Waals surface area contributed by atoms with Gasteiger partial charge >= 0.3 is 0 Å². The SMILES string of the molecule is CCN1CC(C(=O)Nc2nc(-c3ccc(Br)cc3)c(C)s2)CC1=O. The van der Waals surface area contributed by atoms with Crippen molar-refractivity contribution in [1.29, 1.82) is 0 Å². The fourth-order valence-electron chi connectivity index (χ4n) is 2.79. The number of hydrogen-bond donors (Lipinski definition) is 1. The summed E-state index contributed by atoms with van der Waals surface area (Å²) in [5.41, 5.74) is 1.89. The van der Waals surface area contributed by atoms with Crippen molar-refractivity contribution in [2.45, 2.75) is 20.3 Å². The summed E-state index contributed by atoms with van der Waals surface area (Å²) < 4.78 is 1.01. The molecule has 2 aromatic rings. The predicted octanol–water partition coefficient (Wildman–Crippen LogP) is 3.69. The van der Waals surface area contributed by atoms with Crippen LogP contribution < -0.4 is 5.32 Å². The van der Waals surface area contributed by atoms with Crippen LogP contribution in [0.25, 0.3) is 11.3 Å². The number of halogens is 1. The Morgan fingerprint density at radius 1 is 1.42 bits per heavy atom. The van der Waals surface area contributed by atoms with Crippen molar-refractivity contribution in [1.82, 2.24) is 9.88 Å². The lowest BCUT2D eigenvalue weighted by molar-refractivity contribution is -0.128. The number of likely N-dealkylation sites (tertiary alicyclic amines) is 1. The van der Waals surface area contributed by atoms with E-state index in [4.69, 9.17) is 0 Å². The monoisotopic (exact) mass is 407 g/mol. The Balaban J connectivity index is 1.72. The molecule has 126 valence electrons. The second-order valence-electron chi connectivity index (χ2n) is 5.75. The van der Waals surface area contributed by atoms with Gasteiger partial charge in [-0.2, -0.15) is 0 Å². The van der Waals surface area contributed by atoms with Gasteiger partial charge in [0.25, 0.3) is 0 Å². The van der Waals surface area contributed by atoms with Crippen LogP contribution in [0.3, 0.4) is 0 Å². The zero-order valence-electron chi connectivity index (χ0n) is 13.5. The molecule has 1 atom stereocenters. The molecule has 3 rings (SSSR count). The van der Waals surface area contributed by atoms with Gasteiger partial charge in [-0.1, -0.05) is 28.1 Å². The molecule has 1 unspecified atom stereocenters. The van der Waals surface area contributed by atoms with Crippen molar-refractivity contribution >= 4 is 44.2 Å². The zero-order valence-corrected chi connectivity index (χ0v) is 15.9. The Kier molecular flexibility index (Phi) is 5.01. The molecule has 1 aliphatic heterocycles. The molecular weight excluding hydrogens is 390 g/mol. The van der Waals surface area contributed by atoms with Crippen molar-refractivity contribution in [3.8, 4) is 11.3 Å². The molecule has 1 aliphatic rings.